The largest absolute Gasteiger partial charge is 0.460 e. The monoisotopic (exact) mass is 226 g/mol. The van der Waals surface area contributed by atoms with Crippen LogP contribution >= 0.6 is 0 Å². The average molecular weight is 226 g/mol. The van der Waals surface area contributed by atoms with Crippen molar-refractivity contribution in [1.82, 2.24) is 0 Å². The van der Waals surface area contributed by atoms with Gasteiger partial charge < -0.3 is 9.84 Å². The third-order valence-electron chi connectivity index (χ3n) is 1.18. The summed E-state index contributed by atoms with van der Waals surface area (Å²) >= 11 is 0. The van der Waals surface area contributed by atoms with Gasteiger partial charge in [-0.05, 0) is 54.6 Å². The molecule has 0 atom stereocenters. The summed E-state index contributed by atoms with van der Waals surface area (Å²) in [5, 5.41) is 8.33. The molecule has 0 fully saturated rings. The minimum Gasteiger partial charge on any atom is -0.460 e. The third kappa shape index (κ3) is 11.3. The summed E-state index contributed by atoms with van der Waals surface area (Å²) in [6, 6.07) is 0. The van der Waals surface area contributed by atoms with Crippen molar-refractivity contribution in [2.75, 3.05) is 13.2 Å². The molecule has 0 aromatic carbocycles. The van der Waals surface area contributed by atoms with E-state index >= 15 is 0 Å². The molecule has 0 spiro atoms. The Balaban J connectivity index is 3.89. The molecule has 0 bridgehead atoms. The van der Waals surface area contributed by atoms with Gasteiger partial charge in [0.25, 0.3) is 0 Å². The Kier molecular flexibility index (Phi) is 9.73. The quantitative estimate of drug-likeness (QED) is 0.549. The maximum Gasteiger partial charge on any atom is 0.332 e. The molecule has 0 aliphatic carbocycles. The van der Waals surface area contributed by atoms with E-state index in [1.54, 1.807) is 6.92 Å². The summed E-state index contributed by atoms with van der Waals surface area (Å²) in [7, 11) is 0. The molecule has 0 aliphatic heterocycles. The molecule has 17 heavy (non-hydrogen) atoms. The maximum absolute atomic E-state index is 10.5. The van der Waals surface area contributed by atoms with Crippen LogP contribution in [-0.2, 0) is 9.53 Å². The van der Waals surface area contributed by atoms with Crippen LogP contribution in [0.1, 0.15) is 6.92 Å². The number of hydrogen-bond donors (Lipinski definition) is 1. The van der Waals surface area contributed by atoms with E-state index in [0.717, 1.165) is 0 Å². The number of allylic oxidation sites excluding steroid dienone is 1. The number of rotatable bonds is 3. The van der Waals surface area contributed by atoms with Crippen molar-refractivity contribution < 1.29 is 14.6 Å². The number of hydrogen-bond acceptors (Lipinski definition) is 3. The van der Waals surface area contributed by atoms with Gasteiger partial charge in [0.2, 0.25) is 0 Å². The number of aliphatic hydroxyl groups is 1. The molecule has 1 N–H and O–H groups in total. The van der Waals surface area contributed by atoms with E-state index < -0.39 is 12.6 Å². The van der Waals surface area contributed by atoms with E-state index in [2.05, 4.69) is 52.1 Å². The lowest BCUT2D eigenvalue weighted by molar-refractivity contribution is -0.145. The summed E-state index contributed by atoms with van der Waals surface area (Å²) in [6.07, 6.45) is 3.04. The molecule has 0 saturated heterocycles. The van der Waals surface area contributed by atoms with Crippen LogP contribution in [0.3, 0.4) is 0 Å². The van der Waals surface area contributed by atoms with Gasteiger partial charge in [-0.2, -0.15) is 0 Å². The molecule has 0 aromatic rings. The van der Waals surface area contributed by atoms with Crippen LogP contribution in [0.15, 0.2) is 12.2 Å². The fraction of sp³-hybridized carbons (Fsp3) is 0.214. The molecule has 0 saturated carbocycles. The van der Waals surface area contributed by atoms with E-state index in [-0.39, 0.29) is 6.61 Å². The van der Waals surface area contributed by atoms with Gasteiger partial charge in [-0.25, -0.2) is 4.79 Å². The fourth-order valence-electron chi connectivity index (χ4n) is 0.559. The van der Waals surface area contributed by atoms with Crippen molar-refractivity contribution in [3.8, 4) is 47.4 Å². The zero-order chi connectivity index (χ0) is 12.8. The lowest BCUT2D eigenvalue weighted by atomic mass is 10.4. The molecule has 84 valence electrons. The van der Waals surface area contributed by atoms with Crippen LogP contribution < -0.4 is 0 Å². The van der Waals surface area contributed by atoms with Crippen molar-refractivity contribution in [3.63, 3.8) is 0 Å². The van der Waals surface area contributed by atoms with Crippen LogP contribution in [0.5, 0.6) is 0 Å². The Morgan fingerprint density at radius 1 is 1.18 bits per heavy atom. The summed E-state index contributed by atoms with van der Waals surface area (Å²) in [6.45, 7) is 1.15. The minimum absolute atomic E-state index is 0.0768. The first-order chi connectivity index (χ1) is 8.31. The molecule has 0 radical (unpaired) electrons. The van der Waals surface area contributed by atoms with Crippen molar-refractivity contribution in [2.45, 2.75) is 6.92 Å². The second-order valence-corrected chi connectivity index (χ2v) is 2.39. The Bertz CT molecular complexity index is 511. The highest BCUT2D eigenvalue weighted by molar-refractivity contribution is 5.70. The molecule has 3 nitrogen and oxygen atoms in total. The first-order valence-corrected chi connectivity index (χ1v) is 4.65. The summed E-state index contributed by atoms with van der Waals surface area (Å²) in [5.74, 6) is 19.6. The maximum atomic E-state index is 10.5. The van der Waals surface area contributed by atoms with Crippen molar-refractivity contribution >= 4 is 5.97 Å². The van der Waals surface area contributed by atoms with Gasteiger partial charge in [-0.3, -0.25) is 0 Å². The van der Waals surface area contributed by atoms with Gasteiger partial charge in [0.1, 0.15) is 13.2 Å². The van der Waals surface area contributed by atoms with Crippen LogP contribution in [0, 0.1) is 47.4 Å². The highest BCUT2D eigenvalue weighted by atomic mass is 16.5. The predicted molar refractivity (Wildman–Crippen MR) is 64.0 cm³/mol. The summed E-state index contributed by atoms with van der Waals surface area (Å²) < 4.78 is 4.55. The molecule has 0 heterocycles. The van der Waals surface area contributed by atoms with Gasteiger partial charge in [0, 0.05) is 0 Å². The third-order valence-corrected chi connectivity index (χ3v) is 1.18. The molecular formula is C14H10O3. The number of aliphatic hydroxyl groups excluding tert-OH is 1. The fourth-order valence-corrected chi connectivity index (χ4v) is 0.559. The Morgan fingerprint density at radius 3 is 2.47 bits per heavy atom. The summed E-state index contributed by atoms with van der Waals surface area (Å²) in [5.41, 5.74) is 0. The number of ether oxygens (including phenoxy) is 1. The molecule has 0 rings (SSSR count). The zero-order valence-corrected chi connectivity index (χ0v) is 9.33. The van der Waals surface area contributed by atoms with Gasteiger partial charge in [0.05, 0.1) is 0 Å². The lowest BCUT2D eigenvalue weighted by Gasteiger charge is -1.95. The van der Waals surface area contributed by atoms with Crippen LogP contribution in [0.2, 0.25) is 0 Å². The highest BCUT2D eigenvalue weighted by Gasteiger charge is 1.94. The first-order valence-electron chi connectivity index (χ1n) is 4.65. The lowest BCUT2D eigenvalue weighted by Crippen LogP contribution is -2.08. The number of esters is 1. The Morgan fingerprint density at radius 2 is 1.82 bits per heavy atom. The van der Waals surface area contributed by atoms with Crippen molar-refractivity contribution in [1.29, 1.82) is 0 Å². The molecule has 0 unspecified atom stereocenters. The van der Waals surface area contributed by atoms with E-state index in [1.807, 2.05) is 0 Å². The molecular weight excluding hydrogens is 216 g/mol. The standard InChI is InChI=1S/C14H10O3/c1-2-3-4-5-6-7-8-9-10-11-12-17-14(16)13-15/h10-11,15H,12-13H2,1H3/b11-10-. The minimum atomic E-state index is -0.672. The smallest absolute Gasteiger partial charge is 0.332 e. The van der Waals surface area contributed by atoms with Crippen LogP contribution in [0.4, 0.5) is 0 Å². The van der Waals surface area contributed by atoms with Crippen molar-refractivity contribution in [2.24, 2.45) is 0 Å². The first kappa shape index (κ1) is 14.4. The Hall–Kier alpha value is -2.59. The van der Waals surface area contributed by atoms with E-state index in [9.17, 15) is 4.79 Å². The second kappa shape index (κ2) is 11.5. The second-order valence-electron chi connectivity index (χ2n) is 2.39. The van der Waals surface area contributed by atoms with Gasteiger partial charge >= 0.3 is 5.97 Å². The van der Waals surface area contributed by atoms with Gasteiger partial charge in [-0.1, -0.05) is 11.8 Å². The van der Waals surface area contributed by atoms with Crippen molar-refractivity contribution in [3.05, 3.63) is 12.2 Å². The molecule has 0 aliphatic rings. The molecule has 0 aromatic heterocycles. The normalized spacial score (nSPS) is 7.18. The van der Waals surface area contributed by atoms with Crippen LogP contribution in [0.25, 0.3) is 0 Å². The molecule has 3 heteroatoms. The Labute approximate surface area is 101 Å². The zero-order valence-electron chi connectivity index (χ0n) is 9.33. The van der Waals surface area contributed by atoms with Gasteiger partial charge in [-0.15, -0.1) is 0 Å². The number of carbonyl (C=O) groups is 1. The van der Waals surface area contributed by atoms with E-state index in [4.69, 9.17) is 5.11 Å². The summed E-state index contributed by atoms with van der Waals surface area (Å²) in [4.78, 5) is 10.5. The average Bonchev–Trinajstić information content (AvgIpc) is 2.35. The van der Waals surface area contributed by atoms with Gasteiger partial charge in [0.15, 0.2) is 0 Å². The van der Waals surface area contributed by atoms with E-state index in [0.29, 0.717) is 0 Å². The molecule has 0 amide bonds. The number of carbonyl (C=O) groups excluding carboxylic acids is 1. The predicted octanol–water partition coefficient (Wildman–Crippen LogP) is 0.112. The van der Waals surface area contributed by atoms with Crippen LogP contribution in [-0.4, -0.2) is 24.3 Å². The van der Waals surface area contributed by atoms with E-state index in [1.165, 1.54) is 12.2 Å². The highest BCUT2D eigenvalue weighted by Crippen LogP contribution is 1.78. The SMILES string of the molecule is CC#CC#CC#CC#C/C=C\COC(=O)CO. The topological polar surface area (TPSA) is 46.5 Å².